The number of halogens is 1. The van der Waals surface area contributed by atoms with Crippen LogP contribution in [0, 0.1) is 11.8 Å². The number of aliphatic hydroxyl groups is 1. The van der Waals surface area contributed by atoms with E-state index in [1.54, 1.807) is 0 Å². The largest absolute Gasteiger partial charge is 0.486 e. The van der Waals surface area contributed by atoms with Crippen molar-refractivity contribution in [3.63, 3.8) is 0 Å². The van der Waals surface area contributed by atoms with Crippen LogP contribution in [0.1, 0.15) is 32.6 Å². The topological polar surface area (TPSA) is 58.6 Å². The van der Waals surface area contributed by atoms with Gasteiger partial charge in [-0.15, -0.1) is 11.6 Å². The smallest absolute Gasteiger partial charge is 0.228 e. The van der Waals surface area contributed by atoms with Crippen molar-refractivity contribution in [3.8, 4) is 0 Å². The number of nitrogens with one attached hydrogen (secondary N) is 1. The van der Waals surface area contributed by atoms with Crippen LogP contribution in [-0.2, 0) is 9.53 Å². The molecule has 0 spiro atoms. The Hall–Kier alpha value is -1.00. The SMILES string of the molecule is C=C1O[C@]2(C)[C@H](CCCl)C(=O)N[C@]12C(O)C1C=CCCC1. The monoisotopic (exact) mass is 311 g/mol. The van der Waals surface area contributed by atoms with Gasteiger partial charge >= 0.3 is 0 Å². The average molecular weight is 312 g/mol. The summed E-state index contributed by atoms with van der Waals surface area (Å²) in [5, 5.41) is 13.9. The number of carbonyl (C=O) groups excluding carboxylic acids is 1. The van der Waals surface area contributed by atoms with Gasteiger partial charge in [0.25, 0.3) is 0 Å². The molecule has 3 aliphatic rings. The highest BCUT2D eigenvalue weighted by atomic mass is 35.5. The Bertz CT molecular complexity index is 506. The van der Waals surface area contributed by atoms with E-state index in [0.29, 0.717) is 18.1 Å². The second-order valence-corrected chi connectivity index (χ2v) is 6.81. The highest BCUT2D eigenvalue weighted by Gasteiger charge is 2.75. The van der Waals surface area contributed by atoms with Crippen LogP contribution in [0.15, 0.2) is 24.5 Å². The molecule has 116 valence electrons. The number of fused-ring (bicyclic) bond motifs is 1. The summed E-state index contributed by atoms with van der Waals surface area (Å²) >= 11 is 5.82. The Morgan fingerprint density at radius 2 is 2.43 bits per heavy atom. The van der Waals surface area contributed by atoms with Gasteiger partial charge in [-0.05, 0) is 32.6 Å². The Morgan fingerprint density at radius 1 is 1.67 bits per heavy atom. The lowest BCUT2D eigenvalue weighted by Gasteiger charge is -2.58. The molecule has 2 unspecified atom stereocenters. The van der Waals surface area contributed by atoms with Gasteiger partial charge in [-0.1, -0.05) is 18.7 Å². The minimum Gasteiger partial charge on any atom is -0.486 e. The molecule has 2 saturated heterocycles. The molecule has 5 heteroatoms. The first-order valence-corrected chi connectivity index (χ1v) is 8.12. The summed E-state index contributed by atoms with van der Waals surface area (Å²) in [6.45, 7) is 5.79. The van der Waals surface area contributed by atoms with E-state index in [-0.39, 0.29) is 17.7 Å². The van der Waals surface area contributed by atoms with Crippen LogP contribution in [0.5, 0.6) is 0 Å². The van der Waals surface area contributed by atoms with E-state index in [4.69, 9.17) is 16.3 Å². The van der Waals surface area contributed by atoms with Gasteiger partial charge in [0.15, 0.2) is 11.1 Å². The van der Waals surface area contributed by atoms with E-state index in [2.05, 4.69) is 24.0 Å². The Morgan fingerprint density at radius 3 is 3.00 bits per heavy atom. The summed E-state index contributed by atoms with van der Waals surface area (Å²) < 4.78 is 5.78. The summed E-state index contributed by atoms with van der Waals surface area (Å²) in [5.41, 5.74) is -1.64. The number of alkyl halides is 1. The molecule has 2 N–H and O–H groups in total. The van der Waals surface area contributed by atoms with Gasteiger partial charge in [0, 0.05) is 11.8 Å². The fraction of sp³-hybridized carbons (Fsp3) is 0.688. The van der Waals surface area contributed by atoms with Crippen LogP contribution in [0.2, 0.25) is 0 Å². The standard InChI is InChI=1S/C16H22ClNO3/c1-10-16(13(19)11-6-4-3-5-7-11)15(2,21-10)12(8-9-17)14(20)18-16/h4,6,11-13,19H,1,3,5,7-9H2,2H3,(H,18,20)/t11?,12-,13?,15-,16+/m1/s1. The van der Waals surface area contributed by atoms with Gasteiger partial charge in [-0.25, -0.2) is 0 Å². The van der Waals surface area contributed by atoms with Gasteiger partial charge in [-0.3, -0.25) is 4.79 Å². The van der Waals surface area contributed by atoms with E-state index in [0.717, 1.165) is 19.3 Å². The first-order chi connectivity index (χ1) is 9.97. The van der Waals surface area contributed by atoms with Crippen molar-refractivity contribution in [2.45, 2.75) is 49.9 Å². The van der Waals surface area contributed by atoms with E-state index < -0.39 is 17.2 Å². The van der Waals surface area contributed by atoms with Gasteiger partial charge < -0.3 is 15.2 Å². The van der Waals surface area contributed by atoms with Crippen LogP contribution < -0.4 is 5.32 Å². The Kier molecular flexibility index (Phi) is 3.57. The molecular formula is C16H22ClNO3. The van der Waals surface area contributed by atoms with Crippen LogP contribution in [0.3, 0.4) is 0 Å². The maximum absolute atomic E-state index is 12.3. The van der Waals surface area contributed by atoms with E-state index in [1.165, 1.54) is 0 Å². The van der Waals surface area contributed by atoms with Crippen molar-refractivity contribution in [1.82, 2.24) is 5.32 Å². The van der Waals surface area contributed by atoms with Crippen LogP contribution in [0.4, 0.5) is 0 Å². The molecule has 0 radical (unpaired) electrons. The molecular weight excluding hydrogens is 290 g/mol. The minimum atomic E-state index is -0.882. The third-order valence-corrected chi connectivity index (χ3v) is 5.62. The molecule has 1 aliphatic carbocycles. The molecule has 0 bridgehead atoms. The molecule has 2 heterocycles. The van der Waals surface area contributed by atoms with Crippen LogP contribution in [-0.4, -0.2) is 34.1 Å². The first kappa shape index (κ1) is 14.9. The van der Waals surface area contributed by atoms with Crippen molar-refractivity contribution in [2.75, 3.05) is 5.88 Å². The molecule has 3 rings (SSSR count). The van der Waals surface area contributed by atoms with Crippen molar-refractivity contribution in [3.05, 3.63) is 24.5 Å². The zero-order chi connectivity index (χ0) is 15.3. The Balaban J connectivity index is 1.94. The number of rotatable bonds is 4. The molecule has 5 atom stereocenters. The van der Waals surface area contributed by atoms with Crippen molar-refractivity contribution in [2.24, 2.45) is 11.8 Å². The lowest BCUT2D eigenvalue weighted by atomic mass is 9.63. The molecule has 21 heavy (non-hydrogen) atoms. The molecule has 4 nitrogen and oxygen atoms in total. The van der Waals surface area contributed by atoms with Crippen molar-refractivity contribution in [1.29, 1.82) is 0 Å². The lowest BCUT2D eigenvalue weighted by molar-refractivity contribution is -0.201. The molecule has 0 aromatic heterocycles. The summed E-state index contributed by atoms with van der Waals surface area (Å²) in [4.78, 5) is 12.3. The van der Waals surface area contributed by atoms with E-state index in [9.17, 15) is 9.90 Å². The molecule has 0 saturated carbocycles. The maximum Gasteiger partial charge on any atom is 0.228 e. The number of amides is 1. The summed E-state index contributed by atoms with van der Waals surface area (Å²) in [6.07, 6.45) is 6.98. The molecule has 0 aromatic carbocycles. The van der Waals surface area contributed by atoms with Gasteiger partial charge in [0.2, 0.25) is 5.91 Å². The lowest BCUT2D eigenvalue weighted by Crippen LogP contribution is -2.75. The number of ether oxygens (including phenoxy) is 1. The predicted octanol–water partition coefficient (Wildman–Crippen LogP) is 2.12. The zero-order valence-electron chi connectivity index (χ0n) is 12.3. The van der Waals surface area contributed by atoms with Gasteiger partial charge in [0.05, 0.1) is 12.0 Å². The maximum atomic E-state index is 12.3. The van der Waals surface area contributed by atoms with Gasteiger partial charge in [0.1, 0.15) is 5.76 Å². The quantitative estimate of drug-likeness (QED) is 0.617. The summed E-state index contributed by atoms with van der Waals surface area (Å²) in [6, 6.07) is 0. The molecule has 1 amide bonds. The fourth-order valence-corrected chi connectivity index (χ4v) is 4.41. The predicted molar refractivity (Wildman–Crippen MR) is 80.8 cm³/mol. The van der Waals surface area contributed by atoms with E-state index in [1.807, 2.05) is 6.92 Å². The molecule has 0 aromatic rings. The van der Waals surface area contributed by atoms with E-state index >= 15 is 0 Å². The number of carbonyl (C=O) groups is 1. The molecule has 2 fully saturated rings. The highest BCUT2D eigenvalue weighted by Crippen LogP contribution is 2.57. The van der Waals surface area contributed by atoms with Crippen molar-refractivity contribution < 1.29 is 14.6 Å². The highest BCUT2D eigenvalue weighted by molar-refractivity contribution is 6.18. The van der Waals surface area contributed by atoms with Crippen molar-refractivity contribution >= 4 is 17.5 Å². The second-order valence-electron chi connectivity index (χ2n) is 6.43. The van der Waals surface area contributed by atoms with Crippen LogP contribution >= 0.6 is 11.6 Å². The first-order valence-electron chi connectivity index (χ1n) is 7.58. The normalized spacial score (nSPS) is 42.8. The third-order valence-electron chi connectivity index (χ3n) is 5.40. The zero-order valence-corrected chi connectivity index (χ0v) is 13.0. The number of hydrogen-bond donors (Lipinski definition) is 2. The molecule has 2 aliphatic heterocycles. The third kappa shape index (κ3) is 1.82. The van der Waals surface area contributed by atoms with Crippen LogP contribution in [0.25, 0.3) is 0 Å². The summed E-state index contributed by atoms with van der Waals surface area (Å²) in [5.74, 6) is 0.424. The number of hydrogen-bond acceptors (Lipinski definition) is 3. The fourth-order valence-electron chi connectivity index (χ4n) is 4.19. The van der Waals surface area contributed by atoms with Gasteiger partial charge in [-0.2, -0.15) is 0 Å². The number of allylic oxidation sites excluding steroid dienone is 1. The summed E-state index contributed by atoms with van der Waals surface area (Å²) in [7, 11) is 0. The Labute approximate surface area is 130 Å². The minimum absolute atomic E-state index is 0.0220. The average Bonchev–Trinajstić information content (AvgIpc) is 2.65. The second kappa shape index (κ2) is 5.03. The number of aliphatic hydroxyl groups excluding tert-OH is 1.